The van der Waals surface area contributed by atoms with Crippen LogP contribution in [0.25, 0.3) is 16.3 Å². The number of halogens is 2. The van der Waals surface area contributed by atoms with E-state index in [-0.39, 0.29) is 0 Å². The zero-order valence-electron chi connectivity index (χ0n) is 9.31. The van der Waals surface area contributed by atoms with Crippen molar-refractivity contribution in [2.45, 2.75) is 0 Å². The normalized spacial score (nSPS) is 10.8. The lowest BCUT2D eigenvalue weighted by Crippen LogP contribution is -1.95. The van der Waals surface area contributed by atoms with Crippen LogP contribution >= 0.6 is 43.2 Å². The highest BCUT2D eigenvalue weighted by Crippen LogP contribution is 2.31. The van der Waals surface area contributed by atoms with Crippen LogP contribution in [0, 0.1) is 0 Å². The zero-order valence-corrected chi connectivity index (χ0v) is 13.3. The van der Waals surface area contributed by atoms with Gasteiger partial charge < -0.3 is 4.57 Å². The molecule has 0 unspecified atom stereocenters. The first-order valence-corrected chi connectivity index (χ1v) is 7.89. The van der Waals surface area contributed by atoms with Gasteiger partial charge in [0.05, 0.1) is 16.3 Å². The highest BCUT2D eigenvalue weighted by Gasteiger charge is 2.09. The fourth-order valence-electron chi connectivity index (χ4n) is 1.89. The summed E-state index contributed by atoms with van der Waals surface area (Å²) in [5.41, 5.74) is 2.36. The summed E-state index contributed by atoms with van der Waals surface area (Å²) < 4.78 is 4.34. The number of aromatic nitrogens is 1. The van der Waals surface area contributed by atoms with Crippen LogP contribution in [0.3, 0.4) is 0 Å². The van der Waals surface area contributed by atoms with E-state index in [4.69, 9.17) is 0 Å². The van der Waals surface area contributed by atoms with E-state index in [0.717, 1.165) is 14.6 Å². The van der Waals surface area contributed by atoms with E-state index in [9.17, 15) is 0 Å². The largest absolute Gasteiger partial charge is 0.315 e. The Bertz CT molecular complexity index is 671. The van der Waals surface area contributed by atoms with E-state index in [1.807, 2.05) is 0 Å². The van der Waals surface area contributed by atoms with Gasteiger partial charge in [-0.25, -0.2) is 0 Å². The van der Waals surface area contributed by atoms with Crippen LogP contribution in [0.5, 0.6) is 0 Å². The van der Waals surface area contributed by atoms with Gasteiger partial charge in [-0.2, -0.15) is 0 Å². The molecule has 0 radical (unpaired) electrons. The third-order valence-electron chi connectivity index (χ3n) is 2.69. The predicted molar refractivity (Wildman–Crippen MR) is 84.5 cm³/mol. The number of hydrogen-bond donors (Lipinski definition) is 0. The Labute approximate surface area is 126 Å². The van der Waals surface area contributed by atoms with Crippen molar-refractivity contribution >= 4 is 43.2 Å². The Morgan fingerprint density at radius 1 is 1.00 bits per heavy atom. The third-order valence-corrected chi connectivity index (χ3v) is 4.71. The molecular weight excluding hydrogens is 374 g/mol. The molecule has 0 spiro atoms. The average molecular weight is 383 g/mol. The fraction of sp³-hybridized carbons (Fsp3) is 0. The van der Waals surface area contributed by atoms with Crippen molar-refractivity contribution < 1.29 is 0 Å². The summed E-state index contributed by atoms with van der Waals surface area (Å²) in [6, 6.07) is 14.7. The first-order valence-electron chi connectivity index (χ1n) is 5.42. The van der Waals surface area contributed by atoms with E-state index in [0.29, 0.717) is 0 Å². The number of rotatable bonds is 2. The Morgan fingerprint density at radius 3 is 2.61 bits per heavy atom. The summed E-state index contributed by atoms with van der Waals surface area (Å²) in [7, 11) is 0. The van der Waals surface area contributed by atoms with Crippen molar-refractivity contribution in [2.24, 2.45) is 0 Å². The number of hydrogen-bond acceptors (Lipinski definition) is 1. The lowest BCUT2D eigenvalue weighted by molar-refractivity contribution is 1.08. The van der Waals surface area contributed by atoms with Gasteiger partial charge in [-0.15, -0.1) is 11.3 Å². The maximum atomic E-state index is 3.62. The smallest absolute Gasteiger partial charge is 0.0628 e. The van der Waals surface area contributed by atoms with Gasteiger partial charge >= 0.3 is 0 Å². The number of nitrogens with zero attached hydrogens (tertiary/aromatic N) is 1. The van der Waals surface area contributed by atoms with E-state index >= 15 is 0 Å². The molecule has 0 amide bonds. The SMILES string of the molecule is Brc1ccc(-n2cccc2-c2cccs2)c(Br)c1. The van der Waals surface area contributed by atoms with Gasteiger partial charge in [-0.3, -0.25) is 0 Å². The van der Waals surface area contributed by atoms with Crippen molar-refractivity contribution in [1.29, 1.82) is 0 Å². The molecule has 90 valence electrons. The molecular formula is C14H9Br2NS. The second kappa shape index (κ2) is 5.03. The van der Waals surface area contributed by atoms with E-state index in [1.165, 1.54) is 10.6 Å². The minimum Gasteiger partial charge on any atom is -0.315 e. The molecule has 0 bridgehead atoms. The fourth-order valence-corrected chi connectivity index (χ4v) is 3.88. The Hall–Kier alpha value is -0.840. The van der Waals surface area contributed by atoms with Crippen molar-refractivity contribution in [1.82, 2.24) is 4.57 Å². The van der Waals surface area contributed by atoms with Crippen molar-refractivity contribution in [2.75, 3.05) is 0 Å². The molecule has 4 heteroatoms. The second-order valence-electron chi connectivity index (χ2n) is 3.84. The van der Waals surface area contributed by atoms with Gasteiger partial charge in [0.2, 0.25) is 0 Å². The molecule has 2 aromatic heterocycles. The lowest BCUT2D eigenvalue weighted by Gasteiger charge is -2.10. The third kappa shape index (κ3) is 2.20. The monoisotopic (exact) mass is 381 g/mol. The van der Waals surface area contributed by atoms with E-state index in [1.54, 1.807) is 11.3 Å². The molecule has 0 saturated heterocycles. The highest BCUT2D eigenvalue weighted by atomic mass is 79.9. The van der Waals surface area contributed by atoms with Crippen molar-refractivity contribution in [3.63, 3.8) is 0 Å². The molecule has 0 atom stereocenters. The Morgan fingerprint density at radius 2 is 1.89 bits per heavy atom. The summed E-state index contributed by atoms with van der Waals surface area (Å²) in [5, 5.41) is 2.10. The first kappa shape index (κ1) is 12.2. The van der Waals surface area contributed by atoms with Gasteiger partial charge in [0.1, 0.15) is 0 Å². The Balaban J connectivity index is 2.16. The van der Waals surface area contributed by atoms with Gasteiger partial charge in [-0.1, -0.05) is 22.0 Å². The topological polar surface area (TPSA) is 4.93 Å². The lowest BCUT2D eigenvalue weighted by atomic mass is 10.3. The van der Waals surface area contributed by atoms with Crippen LogP contribution in [-0.4, -0.2) is 4.57 Å². The minimum absolute atomic E-state index is 1.07. The van der Waals surface area contributed by atoms with E-state index < -0.39 is 0 Å². The highest BCUT2D eigenvalue weighted by molar-refractivity contribution is 9.11. The summed E-state index contributed by atoms with van der Waals surface area (Å²) >= 11 is 8.85. The standard InChI is InChI=1S/C14H9Br2NS/c15-10-5-6-12(11(16)9-10)17-7-1-3-13(17)14-4-2-8-18-14/h1-9H. The number of benzene rings is 1. The molecule has 0 aliphatic heterocycles. The van der Waals surface area contributed by atoms with Crippen LogP contribution in [-0.2, 0) is 0 Å². The van der Waals surface area contributed by atoms with Gasteiger partial charge in [0.15, 0.2) is 0 Å². The van der Waals surface area contributed by atoms with Gasteiger partial charge in [0.25, 0.3) is 0 Å². The average Bonchev–Trinajstić information content (AvgIpc) is 2.98. The maximum Gasteiger partial charge on any atom is 0.0628 e. The molecule has 0 fully saturated rings. The number of thiophene rings is 1. The van der Waals surface area contributed by atoms with Crippen molar-refractivity contribution in [3.8, 4) is 16.3 Å². The molecule has 2 heterocycles. The molecule has 0 saturated carbocycles. The van der Waals surface area contributed by atoms with Gasteiger partial charge in [-0.05, 0) is 57.7 Å². The van der Waals surface area contributed by atoms with Crippen LogP contribution in [0.4, 0.5) is 0 Å². The summed E-state index contributed by atoms with van der Waals surface area (Å²) in [6.45, 7) is 0. The second-order valence-corrected chi connectivity index (χ2v) is 6.55. The molecule has 0 N–H and O–H groups in total. The summed E-state index contributed by atoms with van der Waals surface area (Å²) in [6.07, 6.45) is 2.09. The predicted octanol–water partition coefficient (Wildman–Crippen LogP) is 5.73. The molecule has 0 aliphatic rings. The zero-order chi connectivity index (χ0) is 12.5. The van der Waals surface area contributed by atoms with Crippen LogP contribution in [0.15, 0.2) is 63.0 Å². The molecule has 18 heavy (non-hydrogen) atoms. The van der Waals surface area contributed by atoms with Crippen LogP contribution in [0.1, 0.15) is 0 Å². The van der Waals surface area contributed by atoms with Crippen LogP contribution in [0.2, 0.25) is 0 Å². The molecule has 3 aromatic rings. The molecule has 1 nitrogen and oxygen atoms in total. The quantitative estimate of drug-likeness (QED) is 0.533. The first-order chi connectivity index (χ1) is 8.75. The molecule has 1 aromatic carbocycles. The summed E-state index contributed by atoms with van der Waals surface area (Å²) in [4.78, 5) is 1.27. The maximum absolute atomic E-state index is 3.62. The summed E-state index contributed by atoms with van der Waals surface area (Å²) in [5.74, 6) is 0. The molecule has 3 rings (SSSR count). The van der Waals surface area contributed by atoms with E-state index in [2.05, 4.69) is 90.5 Å². The Kier molecular flexibility index (Phi) is 3.41. The van der Waals surface area contributed by atoms with Gasteiger partial charge in [0, 0.05) is 15.1 Å². The van der Waals surface area contributed by atoms with Crippen LogP contribution < -0.4 is 0 Å². The minimum atomic E-state index is 1.07. The van der Waals surface area contributed by atoms with Crippen molar-refractivity contribution in [3.05, 3.63) is 63.0 Å². The molecule has 0 aliphatic carbocycles.